The molecule has 0 spiro atoms. The molecule has 16 heavy (non-hydrogen) atoms. The van der Waals surface area contributed by atoms with Gasteiger partial charge >= 0.3 is 0 Å². The van der Waals surface area contributed by atoms with Crippen LogP contribution in [-0.2, 0) is 0 Å². The van der Waals surface area contributed by atoms with Crippen molar-refractivity contribution in [1.29, 1.82) is 0 Å². The zero-order valence-electron chi connectivity index (χ0n) is 10.8. The quantitative estimate of drug-likeness (QED) is 0.544. The van der Waals surface area contributed by atoms with E-state index in [2.05, 4.69) is 38.8 Å². The molecule has 90 valence electrons. The molecule has 1 heterocycles. The van der Waals surface area contributed by atoms with Gasteiger partial charge in [-0.15, -0.1) is 0 Å². The Morgan fingerprint density at radius 1 is 1.19 bits per heavy atom. The summed E-state index contributed by atoms with van der Waals surface area (Å²) in [5, 5.41) is 0.541. The van der Waals surface area contributed by atoms with E-state index in [-0.39, 0.29) is 10.9 Å². The van der Waals surface area contributed by atoms with Gasteiger partial charge in [0.2, 0.25) is 5.95 Å². The van der Waals surface area contributed by atoms with Crippen molar-refractivity contribution in [3.8, 4) is 0 Å². The Morgan fingerprint density at radius 3 is 2.12 bits per heavy atom. The van der Waals surface area contributed by atoms with Crippen LogP contribution in [0.5, 0.6) is 0 Å². The highest BCUT2D eigenvalue weighted by atomic mass is 28.3. The first-order valence-electron chi connectivity index (χ1n) is 5.40. The van der Waals surface area contributed by atoms with Crippen molar-refractivity contribution in [1.82, 2.24) is 4.98 Å². The molecule has 0 saturated heterocycles. The van der Waals surface area contributed by atoms with Gasteiger partial charge in [-0.05, 0) is 17.1 Å². The fourth-order valence-electron chi connectivity index (χ4n) is 1.70. The third kappa shape index (κ3) is 2.03. The molecule has 1 rings (SSSR count). The maximum Gasteiger partial charge on any atom is 0.215 e. The summed E-state index contributed by atoms with van der Waals surface area (Å²) in [5.74, 6) is -0.924. The van der Waals surface area contributed by atoms with Gasteiger partial charge in [-0.2, -0.15) is 4.39 Å². The van der Waals surface area contributed by atoms with E-state index in [4.69, 9.17) is 0 Å². The van der Waals surface area contributed by atoms with E-state index in [0.29, 0.717) is 10.8 Å². The molecule has 0 N–H and O–H groups in total. The van der Waals surface area contributed by atoms with E-state index in [1.165, 1.54) is 0 Å². The van der Waals surface area contributed by atoms with Crippen LogP contribution in [0.15, 0.2) is 6.20 Å². The monoisotopic (exact) mass is 243 g/mol. The number of aromatic nitrogens is 1. The normalized spacial score (nSPS) is 13.0. The Morgan fingerprint density at radius 2 is 1.69 bits per heavy atom. The summed E-state index contributed by atoms with van der Waals surface area (Å²) < 4.78 is 27.3. The molecule has 0 amide bonds. The Balaban J connectivity index is 3.50. The molecule has 0 aromatic carbocycles. The molecular formula is C12H19F2NSi. The van der Waals surface area contributed by atoms with Crippen LogP contribution >= 0.6 is 0 Å². The van der Waals surface area contributed by atoms with Gasteiger partial charge in [0.05, 0.1) is 14.3 Å². The largest absolute Gasteiger partial charge is 0.225 e. The maximum absolute atomic E-state index is 13.9. The fraction of sp³-hybridized carbons (Fsp3) is 0.583. The van der Waals surface area contributed by atoms with Crippen LogP contribution in [0.25, 0.3) is 0 Å². The first kappa shape index (κ1) is 13.3. The van der Waals surface area contributed by atoms with Gasteiger partial charge in [0.25, 0.3) is 0 Å². The summed E-state index contributed by atoms with van der Waals surface area (Å²) in [4.78, 5) is 3.42. The molecular weight excluding hydrogens is 224 g/mol. The lowest BCUT2D eigenvalue weighted by atomic mass is 10.2. The highest BCUT2D eigenvalue weighted by molar-refractivity contribution is 6.92. The Kier molecular flexibility index (Phi) is 3.25. The number of halogens is 2. The SMILES string of the molecule is Cc1c(F)ncc(F)c1[Si](C)(C)C(C)(C)C. The summed E-state index contributed by atoms with van der Waals surface area (Å²) in [6.45, 7) is 12.0. The van der Waals surface area contributed by atoms with Crippen LogP contribution < -0.4 is 5.19 Å². The van der Waals surface area contributed by atoms with Crippen LogP contribution in [0.4, 0.5) is 8.78 Å². The molecule has 0 bridgehead atoms. The molecule has 0 aliphatic heterocycles. The molecule has 4 heteroatoms. The lowest BCUT2D eigenvalue weighted by molar-refractivity contribution is 0.555. The zero-order chi connectivity index (χ0) is 12.7. The second-order valence-corrected chi connectivity index (χ2v) is 11.0. The topological polar surface area (TPSA) is 12.9 Å². The average molecular weight is 243 g/mol. The summed E-state index contributed by atoms with van der Waals surface area (Å²) >= 11 is 0. The van der Waals surface area contributed by atoms with Crippen LogP contribution in [0, 0.1) is 18.7 Å². The molecule has 0 saturated carbocycles. The molecule has 0 radical (unpaired) electrons. The zero-order valence-corrected chi connectivity index (χ0v) is 11.8. The molecule has 1 nitrogen and oxygen atoms in total. The standard InChI is InChI=1S/C12H19F2NSi/c1-8-10(9(13)7-15-11(8)14)16(5,6)12(2,3)4/h7H,1-6H3. The number of hydrogen-bond donors (Lipinski definition) is 0. The number of hydrogen-bond acceptors (Lipinski definition) is 1. The highest BCUT2D eigenvalue weighted by Crippen LogP contribution is 2.36. The summed E-state index contributed by atoms with van der Waals surface area (Å²) in [5.41, 5.74) is 0.367. The van der Waals surface area contributed by atoms with Gasteiger partial charge in [-0.1, -0.05) is 33.9 Å². The van der Waals surface area contributed by atoms with Crippen molar-refractivity contribution >= 4 is 13.3 Å². The molecule has 0 atom stereocenters. The smallest absolute Gasteiger partial charge is 0.215 e. The minimum absolute atomic E-state index is 0.0214. The lowest BCUT2D eigenvalue weighted by Gasteiger charge is -2.38. The lowest BCUT2D eigenvalue weighted by Crippen LogP contribution is -2.52. The van der Waals surface area contributed by atoms with Gasteiger partial charge in [0.1, 0.15) is 5.82 Å². The molecule has 0 unspecified atom stereocenters. The minimum Gasteiger partial charge on any atom is -0.225 e. The average Bonchev–Trinajstić information content (AvgIpc) is 2.10. The van der Waals surface area contributed by atoms with Crippen molar-refractivity contribution in [2.45, 2.75) is 45.8 Å². The van der Waals surface area contributed by atoms with Gasteiger partial charge in [-0.25, -0.2) is 9.37 Å². The molecule has 0 fully saturated rings. The van der Waals surface area contributed by atoms with E-state index in [0.717, 1.165) is 6.20 Å². The molecule has 0 aliphatic rings. The van der Waals surface area contributed by atoms with Crippen LogP contribution in [-0.4, -0.2) is 13.1 Å². The summed E-state index contributed by atoms with van der Waals surface area (Å²) in [7, 11) is -2.06. The van der Waals surface area contributed by atoms with Crippen LogP contribution in [0.3, 0.4) is 0 Å². The van der Waals surface area contributed by atoms with Crippen molar-refractivity contribution in [3.05, 3.63) is 23.5 Å². The van der Waals surface area contributed by atoms with Gasteiger partial charge in [0, 0.05) is 5.56 Å². The number of pyridine rings is 1. The van der Waals surface area contributed by atoms with E-state index >= 15 is 0 Å². The van der Waals surface area contributed by atoms with Gasteiger partial charge in [0.15, 0.2) is 0 Å². The first-order chi connectivity index (χ1) is 7.09. The predicted octanol–water partition coefficient (Wildman–Crippen LogP) is 3.38. The van der Waals surface area contributed by atoms with E-state index in [1.54, 1.807) is 6.92 Å². The summed E-state index contributed by atoms with van der Waals surface area (Å²) in [6, 6.07) is 0. The Bertz CT molecular complexity index is 408. The van der Waals surface area contributed by atoms with Crippen molar-refractivity contribution in [2.24, 2.45) is 0 Å². The second kappa shape index (κ2) is 3.91. The second-order valence-electron chi connectivity index (χ2n) is 5.77. The van der Waals surface area contributed by atoms with E-state index in [9.17, 15) is 8.78 Å². The maximum atomic E-state index is 13.9. The Labute approximate surface area is 96.9 Å². The van der Waals surface area contributed by atoms with Crippen LogP contribution in [0.1, 0.15) is 26.3 Å². The van der Waals surface area contributed by atoms with Crippen molar-refractivity contribution in [2.75, 3.05) is 0 Å². The summed E-state index contributed by atoms with van der Waals surface area (Å²) in [6.07, 6.45) is 0.998. The fourth-order valence-corrected chi connectivity index (χ4v) is 4.15. The van der Waals surface area contributed by atoms with Crippen molar-refractivity contribution < 1.29 is 8.78 Å². The first-order valence-corrected chi connectivity index (χ1v) is 8.40. The third-order valence-electron chi connectivity index (χ3n) is 3.71. The predicted molar refractivity (Wildman–Crippen MR) is 65.7 cm³/mol. The van der Waals surface area contributed by atoms with E-state index < -0.39 is 14.0 Å². The van der Waals surface area contributed by atoms with Gasteiger partial charge in [-0.3, -0.25) is 0 Å². The third-order valence-corrected chi connectivity index (χ3v) is 9.33. The number of nitrogens with zero attached hydrogens (tertiary/aromatic N) is 1. The number of rotatable bonds is 1. The van der Waals surface area contributed by atoms with Crippen molar-refractivity contribution in [3.63, 3.8) is 0 Å². The van der Waals surface area contributed by atoms with E-state index in [1.807, 2.05) is 0 Å². The highest BCUT2D eigenvalue weighted by Gasteiger charge is 2.40. The molecule has 1 aromatic rings. The molecule has 1 aromatic heterocycles. The van der Waals surface area contributed by atoms with Crippen LogP contribution in [0.2, 0.25) is 18.1 Å². The Hall–Kier alpha value is -0.773. The minimum atomic E-state index is -2.06. The molecule has 0 aliphatic carbocycles. The van der Waals surface area contributed by atoms with Gasteiger partial charge < -0.3 is 0 Å².